The summed E-state index contributed by atoms with van der Waals surface area (Å²) in [5, 5.41) is 13.6. The number of rotatable bonds is 4. The zero-order chi connectivity index (χ0) is 12.6. The first-order chi connectivity index (χ1) is 7.97. The summed E-state index contributed by atoms with van der Waals surface area (Å²) in [6.07, 6.45) is 0.260. The second kappa shape index (κ2) is 4.66. The number of hydrogen-bond acceptors (Lipinski definition) is 3. The molecule has 17 heavy (non-hydrogen) atoms. The van der Waals surface area contributed by atoms with Gasteiger partial charge in [0.15, 0.2) is 0 Å². The zero-order valence-corrected chi connectivity index (χ0v) is 10.7. The van der Waals surface area contributed by atoms with Gasteiger partial charge in [0.25, 0.3) is 0 Å². The Morgan fingerprint density at radius 1 is 1.59 bits per heavy atom. The van der Waals surface area contributed by atoms with Crippen LogP contribution < -0.4 is 0 Å². The molecular formula is C11H16ClN3O2. The van der Waals surface area contributed by atoms with Crippen molar-refractivity contribution in [2.45, 2.75) is 19.9 Å². The van der Waals surface area contributed by atoms with E-state index in [-0.39, 0.29) is 12.3 Å². The Morgan fingerprint density at radius 3 is 2.71 bits per heavy atom. The minimum absolute atomic E-state index is 0.260. The first kappa shape index (κ1) is 12.4. The number of likely N-dealkylation sites (tertiary alicyclic amines) is 1. The lowest BCUT2D eigenvalue weighted by molar-refractivity contribution is -0.139. The Hall–Kier alpha value is -1.07. The highest BCUT2D eigenvalue weighted by Crippen LogP contribution is 2.26. The van der Waals surface area contributed by atoms with E-state index in [0.29, 0.717) is 5.15 Å². The number of nitrogens with zero attached hydrogens (tertiary/aromatic N) is 3. The second-order valence-electron chi connectivity index (χ2n) is 4.64. The Bertz CT molecular complexity index is 438. The van der Waals surface area contributed by atoms with Crippen molar-refractivity contribution in [1.29, 1.82) is 0 Å². The fraction of sp³-hybridized carbons (Fsp3) is 0.636. The van der Waals surface area contributed by atoms with E-state index in [1.165, 1.54) is 0 Å². The molecule has 0 atom stereocenters. The number of halogens is 1. The van der Waals surface area contributed by atoms with E-state index in [1.807, 2.05) is 14.0 Å². The van der Waals surface area contributed by atoms with Crippen LogP contribution in [-0.2, 0) is 18.4 Å². The van der Waals surface area contributed by atoms with Crippen LogP contribution in [0, 0.1) is 12.8 Å². The van der Waals surface area contributed by atoms with E-state index < -0.39 is 5.97 Å². The lowest BCUT2D eigenvalue weighted by atomic mass is 9.96. The highest BCUT2D eigenvalue weighted by molar-refractivity contribution is 6.30. The number of carboxylic acid groups (broad SMARTS) is 1. The fourth-order valence-electron chi connectivity index (χ4n) is 2.26. The minimum Gasteiger partial charge on any atom is -0.481 e. The molecule has 0 unspecified atom stereocenters. The summed E-state index contributed by atoms with van der Waals surface area (Å²) in [7, 11) is 1.82. The third-order valence-electron chi connectivity index (χ3n) is 3.15. The molecule has 1 saturated heterocycles. The van der Waals surface area contributed by atoms with E-state index in [2.05, 4.69) is 10.00 Å². The molecule has 0 spiro atoms. The monoisotopic (exact) mass is 257 g/mol. The predicted molar refractivity (Wildman–Crippen MR) is 64.0 cm³/mol. The van der Waals surface area contributed by atoms with Gasteiger partial charge in [-0.15, -0.1) is 0 Å². The molecule has 0 aromatic carbocycles. The zero-order valence-electron chi connectivity index (χ0n) is 9.98. The van der Waals surface area contributed by atoms with Gasteiger partial charge in [0, 0.05) is 32.2 Å². The van der Waals surface area contributed by atoms with E-state index in [0.717, 1.165) is 30.9 Å². The molecule has 2 rings (SSSR count). The highest BCUT2D eigenvalue weighted by Gasteiger charge is 2.29. The van der Waals surface area contributed by atoms with Crippen LogP contribution in [0.4, 0.5) is 0 Å². The van der Waals surface area contributed by atoms with Crippen LogP contribution in [0.15, 0.2) is 0 Å². The van der Waals surface area contributed by atoms with Crippen LogP contribution in [-0.4, -0.2) is 38.8 Å². The highest BCUT2D eigenvalue weighted by atomic mass is 35.5. The van der Waals surface area contributed by atoms with Crippen LogP contribution in [0.3, 0.4) is 0 Å². The van der Waals surface area contributed by atoms with Crippen LogP contribution in [0.25, 0.3) is 0 Å². The maximum absolute atomic E-state index is 10.5. The summed E-state index contributed by atoms with van der Waals surface area (Å²) in [4.78, 5) is 12.7. The van der Waals surface area contributed by atoms with Gasteiger partial charge in [0.2, 0.25) is 0 Å². The molecule has 1 aromatic rings. The number of carbonyl (C=O) groups is 1. The minimum atomic E-state index is -0.717. The molecule has 0 aliphatic carbocycles. The van der Waals surface area contributed by atoms with Gasteiger partial charge in [-0.2, -0.15) is 5.10 Å². The lowest BCUT2D eigenvalue weighted by Gasteiger charge is -2.38. The van der Waals surface area contributed by atoms with E-state index in [1.54, 1.807) is 4.68 Å². The molecule has 1 N–H and O–H groups in total. The van der Waals surface area contributed by atoms with Gasteiger partial charge < -0.3 is 5.11 Å². The molecule has 6 heteroatoms. The van der Waals surface area contributed by atoms with Crippen molar-refractivity contribution in [1.82, 2.24) is 14.7 Å². The standard InChI is InChI=1S/C11H16ClN3O2/c1-7-9(11(12)14(2)13-7)6-15-4-8(5-15)3-10(16)17/h8H,3-6H2,1-2H3,(H,16,17). The van der Waals surface area contributed by atoms with Gasteiger partial charge in [-0.05, 0) is 12.8 Å². The fourth-order valence-corrected chi connectivity index (χ4v) is 2.49. The third kappa shape index (κ3) is 2.61. The van der Waals surface area contributed by atoms with Gasteiger partial charge in [-0.25, -0.2) is 0 Å². The molecule has 2 heterocycles. The quantitative estimate of drug-likeness (QED) is 0.883. The smallest absolute Gasteiger partial charge is 0.303 e. The van der Waals surface area contributed by atoms with Crippen molar-refractivity contribution < 1.29 is 9.90 Å². The first-order valence-electron chi connectivity index (χ1n) is 5.59. The molecule has 1 aromatic heterocycles. The number of aliphatic carboxylic acids is 1. The van der Waals surface area contributed by atoms with Gasteiger partial charge in [-0.3, -0.25) is 14.4 Å². The SMILES string of the molecule is Cc1nn(C)c(Cl)c1CN1CC(CC(=O)O)C1. The summed E-state index contributed by atoms with van der Waals surface area (Å²) in [5.74, 6) is -0.437. The van der Waals surface area contributed by atoms with Crippen molar-refractivity contribution >= 4 is 17.6 Å². The normalized spacial score (nSPS) is 17.1. The molecule has 1 fully saturated rings. The van der Waals surface area contributed by atoms with Gasteiger partial charge in [0.05, 0.1) is 12.1 Å². The second-order valence-corrected chi connectivity index (χ2v) is 4.99. The molecular weight excluding hydrogens is 242 g/mol. The van der Waals surface area contributed by atoms with E-state index >= 15 is 0 Å². The topological polar surface area (TPSA) is 58.4 Å². The molecule has 0 amide bonds. The van der Waals surface area contributed by atoms with Crippen molar-refractivity contribution in [3.63, 3.8) is 0 Å². The Balaban J connectivity index is 1.90. The molecule has 94 valence electrons. The third-order valence-corrected chi connectivity index (χ3v) is 3.62. The van der Waals surface area contributed by atoms with Crippen molar-refractivity contribution in [2.75, 3.05) is 13.1 Å². The van der Waals surface area contributed by atoms with Crippen molar-refractivity contribution in [2.24, 2.45) is 13.0 Å². The number of aryl methyl sites for hydroxylation is 2. The van der Waals surface area contributed by atoms with Crippen molar-refractivity contribution in [3.8, 4) is 0 Å². The average molecular weight is 258 g/mol. The summed E-state index contributed by atoms with van der Waals surface area (Å²) in [5.41, 5.74) is 1.99. The first-order valence-corrected chi connectivity index (χ1v) is 5.97. The van der Waals surface area contributed by atoms with Gasteiger partial charge in [-0.1, -0.05) is 11.6 Å². The Morgan fingerprint density at radius 2 is 2.24 bits per heavy atom. The Labute approximate surface area is 105 Å². The van der Waals surface area contributed by atoms with Gasteiger partial charge in [0.1, 0.15) is 5.15 Å². The number of aromatic nitrogens is 2. The van der Waals surface area contributed by atoms with E-state index in [9.17, 15) is 4.79 Å². The maximum atomic E-state index is 10.5. The maximum Gasteiger partial charge on any atom is 0.303 e. The van der Waals surface area contributed by atoms with E-state index in [4.69, 9.17) is 16.7 Å². The molecule has 5 nitrogen and oxygen atoms in total. The molecule has 1 aliphatic heterocycles. The summed E-state index contributed by atoms with van der Waals surface area (Å²) >= 11 is 6.14. The summed E-state index contributed by atoms with van der Waals surface area (Å²) in [6.45, 7) is 4.36. The molecule has 0 radical (unpaired) electrons. The molecule has 0 saturated carbocycles. The number of hydrogen-bond donors (Lipinski definition) is 1. The number of carboxylic acids is 1. The van der Waals surface area contributed by atoms with Crippen molar-refractivity contribution in [3.05, 3.63) is 16.4 Å². The lowest BCUT2D eigenvalue weighted by Crippen LogP contribution is -2.46. The predicted octanol–water partition coefficient (Wildman–Crippen LogP) is 1.29. The largest absolute Gasteiger partial charge is 0.481 e. The van der Waals surface area contributed by atoms with Crippen LogP contribution >= 0.6 is 11.6 Å². The van der Waals surface area contributed by atoms with Crippen LogP contribution in [0.2, 0.25) is 5.15 Å². The van der Waals surface area contributed by atoms with Crippen LogP contribution in [0.5, 0.6) is 0 Å². The summed E-state index contributed by atoms with van der Waals surface area (Å²) < 4.78 is 1.67. The summed E-state index contributed by atoms with van der Waals surface area (Å²) in [6, 6.07) is 0. The molecule has 1 aliphatic rings. The average Bonchev–Trinajstić information content (AvgIpc) is 2.40. The molecule has 0 bridgehead atoms. The Kier molecular flexibility index (Phi) is 3.40. The van der Waals surface area contributed by atoms with Crippen LogP contribution in [0.1, 0.15) is 17.7 Å². The van der Waals surface area contributed by atoms with Gasteiger partial charge >= 0.3 is 5.97 Å².